The first-order chi connectivity index (χ1) is 18.7. The summed E-state index contributed by atoms with van der Waals surface area (Å²) in [7, 11) is -1.24. The van der Waals surface area contributed by atoms with Gasteiger partial charge in [-0.25, -0.2) is 14.4 Å². The van der Waals surface area contributed by atoms with Crippen molar-refractivity contribution >= 4 is 36.0 Å². The molecule has 39 heavy (non-hydrogen) atoms. The Balaban J connectivity index is 1.46. The van der Waals surface area contributed by atoms with Crippen molar-refractivity contribution in [2.75, 3.05) is 6.61 Å². The molecule has 0 radical (unpaired) electrons. The SMILES string of the molecule is CC(Cc1ccccn1)NC(=O)c1cn(COCC[Si](C)(C)C)c2ncc(-c3n[nH]c4cc(F)ccc34)nc12. The molecule has 4 aromatic heterocycles. The standard InChI is InChI=1S/C28H32FN7O2Si/c1-18(13-20-7-5-6-10-30-20)32-28(37)22-16-36(17-38-11-12-39(2,3)4)27-26(22)33-24(15-31-27)25-21-9-8-19(29)14-23(21)34-35-25/h5-10,14-16,18H,11-13,17H2,1-4H3,(H,32,37)(H,34,35). The van der Waals surface area contributed by atoms with Gasteiger partial charge in [0.2, 0.25) is 0 Å². The fraction of sp³-hybridized carbons (Fsp3) is 0.321. The Hall–Kier alpha value is -3.96. The molecule has 0 aliphatic heterocycles. The predicted octanol–water partition coefficient (Wildman–Crippen LogP) is 5.18. The van der Waals surface area contributed by atoms with E-state index in [1.807, 2.05) is 29.7 Å². The zero-order valence-electron chi connectivity index (χ0n) is 22.5. The van der Waals surface area contributed by atoms with Gasteiger partial charge in [-0.05, 0) is 43.3 Å². The number of nitrogens with zero attached hydrogens (tertiary/aromatic N) is 5. The van der Waals surface area contributed by atoms with Crippen LogP contribution in [0, 0.1) is 5.82 Å². The number of aromatic nitrogens is 6. The lowest BCUT2D eigenvalue weighted by Crippen LogP contribution is -2.34. The number of H-pyrrole nitrogens is 1. The van der Waals surface area contributed by atoms with E-state index in [9.17, 15) is 9.18 Å². The second-order valence-corrected chi connectivity index (χ2v) is 16.6. The van der Waals surface area contributed by atoms with Crippen LogP contribution in [0.4, 0.5) is 4.39 Å². The fourth-order valence-electron chi connectivity index (χ4n) is 4.34. The number of rotatable bonds is 10. The van der Waals surface area contributed by atoms with Crippen LogP contribution in [-0.4, -0.2) is 56.3 Å². The van der Waals surface area contributed by atoms with Crippen molar-refractivity contribution in [1.82, 2.24) is 35.0 Å². The third kappa shape index (κ3) is 6.20. The highest BCUT2D eigenvalue weighted by atomic mass is 28.3. The number of ether oxygens (including phenoxy) is 1. The molecule has 5 aromatic rings. The van der Waals surface area contributed by atoms with Crippen LogP contribution in [-0.2, 0) is 17.9 Å². The summed E-state index contributed by atoms with van der Waals surface area (Å²) >= 11 is 0. The maximum absolute atomic E-state index is 13.7. The summed E-state index contributed by atoms with van der Waals surface area (Å²) in [5, 5.41) is 11.0. The van der Waals surface area contributed by atoms with Crippen LogP contribution in [0.1, 0.15) is 23.0 Å². The molecule has 0 aliphatic rings. The molecular formula is C28H32FN7O2Si. The Morgan fingerprint density at radius 1 is 1.21 bits per heavy atom. The molecule has 11 heteroatoms. The minimum atomic E-state index is -1.24. The first-order valence-electron chi connectivity index (χ1n) is 13.0. The first-order valence-corrected chi connectivity index (χ1v) is 16.7. The molecule has 9 nitrogen and oxygen atoms in total. The van der Waals surface area contributed by atoms with Gasteiger partial charge in [0, 0.05) is 50.6 Å². The van der Waals surface area contributed by atoms with Gasteiger partial charge in [0.25, 0.3) is 5.91 Å². The van der Waals surface area contributed by atoms with E-state index in [2.05, 4.69) is 45.1 Å². The van der Waals surface area contributed by atoms with Crippen LogP contribution in [0.5, 0.6) is 0 Å². The highest BCUT2D eigenvalue weighted by molar-refractivity contribution is 6.76. The van der Waals surface area contributed by atoms with Crippen LogP contribution in [0.2, 0.25) is 25.7 Å². The summed E-state index contributed by atoms with van der Waals surface area (Å²) in [5.41, 5.74) is 3.85. The zero-order valence-corrected chi connectivity index (χ0v) is 23.5. The monoisotopic (exact) mass is 545 g/mol. The maximum atomic E-state index is 13.7. The molecule has 0 aliphatic carbocycles. The van der Waals surface area contributed by atoms with Crippen molar-refractivity contribution in [3.05, 3.63) is 72.1 Å². The van der Waals surface area contributed by atoms with Crippen molar-refractivity contribution in [2.45, 2.75) is 51.8 Å². The number of fused-ring (bicyclic) bond motifs is 2. The molecule has 4 heterocycles. The normalized spacial score (nSPS) is 12.7. The molecular weight excluding hydrogens is 513 g/mol. The van der Waals surface area contributed by atoms with Gasteiger partial charge in [-0.3, -0.25) is 14.9 Å². The lowest BCUT2D eigenvalue weighted by Gasteiger charge is -2.15. The Kier molecular flexibility index (Phi) is 7.53. The van der Waals surface area contributed by atoms with E-state index in [0.29, 0.717) is 52.0 Å². The van der Waals surface area contributed by atoms with E-state index in [1.165, 1.54) is 12.1 Å². The van der Waals surface area contributed by atoms with Gasteiger partial charge < -0.3 is 14.6 Å². The molecule has 1 amide bonds. The average molecular weight is 546 g/mol. The van der Waals surface area contributed by atoms with Gasteiger partial charge in [-0.15, -0.1) is 0 Å². The smallest absolute Gasteiger partial charge is 0.255 e. The lowest BCUT2D eigenvalue weighted by atomic mass is 10.1. The summed E-state index contributed by atoms with van der Waals surface area (Å²) in [6.45, 7) is 9.75. The van der Waals surface area contributed by atoms with Gasteiger partial charge in [0.15, 0.2) is 5.65 Å². The number of halogens is 1. The van der Waals surface area contributed by atoms with E-state index in [-0.39, 0.29) is 24.5 Å². The number of hydrogen-bond donors (Lipinski definition) is 2. The van der Waals surface area contributed by atoms with E-state index in [1.54, 1.807) is 24.7 Å². The molecule has 0 spiro atoms. The second kappa shape index (κ2) is 11.0. The quantitative estimate of drug-likeness (QED) is 0.185. The third-order valence-corrected chi connectivity index (χ3v) is 8.13. The third-order valence-electron chi connectivity index (χ3n) is 6.42. The predicted molar refractivity (Wildman–Crippen MR) is 152 cm³/mol. The number of aromatic amines is 1. The summed E-state index contributed by atoms with van der Waals surface area (Å²) < 4.78 is 21.5. The van der Waals surface area contributed by atoms with Crippen molar-refractivity contribution in [2.24, 2.45) is 0 Å². The van der Waals surface area contributed by atoms with Crippen LogP contribution >= 0.6 is 0 Å². The summed E-state index contributed by atoms with van der Waals surface area (Å²) in [6, 6.07) is 11.0. The Morgan fingerprint density at radius 3 is 2.82 bits per heavy atom. The van der Waals surface area contributed by atoms with Gasteiger partial charge >= 0.3 is 0 Å². The van der Waals surface area contributed by atoms with Gasteiger partial charge in [-0.2, -0.15) is 5.10 Å². The first kappa shape index (κ1) is 26.6. The van der Waals surface area contributed by atoms with Crippen LogP contribution < -0.4 is 5.32 Å². The highest BCUT2D eigenvalue weighted by Crippen LogP contribution is 2.28. The van der Waals surface area contributed by atoms with Crippen molar-refractivity contribution in [3.8, 4) is 11.4 Å². The molecule has 0 fully saturated rings. The molecule has 5 rings (SSSR count). The van der Waals surface area contributed by atoms with Crippen molar-refractivity contribution in [3.63, 3.8) is 0 Å². The Morgan fingerprint density at radius 2 is 2.05 bits per heavy atom. The van der Waals surface area contributed by atoms with Gasteiger partial charge in [-0.1, -0.05) is 25.7 Å². The summed E-state index contributed by atoms with van der Waals surface area (Å²) in [4.78, 5) is 27.3. The number of amides is 1. The van der Waals surface area contributed by atoms with E-state index in [0.717, 1.165) is 11.7 Å². The molecule has 0 saturated heterocycles. The van der Waals surface area contributed by atoms with E-state index in [4.69, 9.17) is 9.72 Å². The van der Waals surface area contributed by atoms with E-state index >= 15 is 0 Å². The molecule has 2 N–H and O–H groups in total. The minimum Gasteiger partial charge on any atom is -0.361 e. The summed E-state index contributed by atoms with van der Waals surface area (Å²) in [5.74, 6) is -0.617. The molecule has 1 unspecified atom stereocenters. The molecule has 1 atom stereocenters. The Bertz CT molecular complexity index is 1610. The Labute approximate surface area is 226 Å². The topological polar surface area (TPSA) is 111 Å². The average Bonchev–Trinajstić information content (AvgIpc) is 3.47. The van der Waals surface area contributed by atoms with E-state index < -0.39 is 8.07 Å². The summed E-state index contributed by atoms with van der Waals surface area (Å²) in [6.07, 6.45) is 5.69. The number of pyridine rings is 1. The number of carbonyl (C=O) groups excluding carboxylic acids is 1. The molecule has 0 saturated carbocycles. The van der Waals surface area contributed by atoms with Gasteiger partial charge in [0.1, 0.15) is 29.5 Å². The van der Waals surface area contributed by atoms with Crippen LogP contribution in [0.15, 0.2) is 55.0 Å². The number of nitrogens with one attached hydrogen (secondary N) is 2. The van der Waals surface area contributed by atoms with Crippen molar-refractivity contribution < 1.29 is 13.9 Å². The number of benzene rings is 1. The second-order valence-electron chi connectivity index (χ2n) is 10.9. The maximum Gasteiger partial charge on any atom is 0.255 e. The fourth-order valence-corrected chi connectivity index (χ4v) is 5.10. The molecule has 1 aromatic carbocycles. The zero-order chi connectivity index (χ0) is 27.6. The lowest BCUT2D eigenvalue weighted by molar-refractivity contribution is 0.0890. The van der Waals surface area contributed by atoms with Gasteiger partial charge in [0.05, 0.1) is 17.3 Å². The van der Waals surface area contributed by atoms with Crippen LogP contribution in [0.25, 0.3) is 33.5 Å². The largest absolute Gasteiger partial charge is 0.361 e. The molecule has 202 valence electrons. The number of carbonyl (C=O) groups is 1. The number of hydrogen-bond acceptors (Lipinski definition) is 6. The van der Waals surface area contributed by atoms with Crippen LogP contribution in [0.3, 0.4) is 0 Å². The highest BCUT2D eigenvalue weighted by Gasteiger charge is 2.22. The molecule has 0 bridgehead atoms. The minimum absolute atomic E-state index is 0.153. The van der Waals surface area contributed by atoms with Crippen molar-refractivity contribution in [1.29, 1.82) is 0 Å².